The monoisotopic (exact) mass is 944 g/mol. The van der Waals surface area contributed by atoms with Gasteiger partial charge in [-0.15, -0.1) is 22.7 Å². The van der Waals surface area contributed by atoms with Crippen LogP contribution >= 0.6 is 38.6 Å². The molecule has 0 bridgehead atoms. The predicted molar refractivity (Wildman–Crippen MR) is 260 cm³/mol. The number of likely N-dealkylation sites (N-methyl/N-ethyl adjacent to an activating group) is 1. The second-order valence-electron chi connectivity index (χ2n) is 16.2. The van der Waals surface area contributed by atoms with Gasteiger partial charge in [-0.2, -0.15) is 0 Å². The molecule has 1 fully saturated rings. The van der Waals surface area contributed by atoms with Crippen molar-refractivity contribution >= 4 is 60.6 Å². The van der Waals surface area contributed by atoms with Gasteiger partial charge in [-0.25, -0.2) is 34.7 Å². The Kier molecular flexibility index (Phi) is 12.2. The second-order valence-corrected chi connectivity index (χ2v) is 19.3. The number of nitrogens with zero attached hydrogens (tertiary/aromatic N) is 10. The molecular weight excluding hydrogens is 901 g/mol. The van der Waals surface area contributed by atoms with Gasteiger partial charge in [0.15, 0.2) is 21.9 Å². The Labute approximate surface area is 389 Å². The van der Waals surface area contributed by atoms with Crippen LogP contribution < -0.4 is 14.7 Å². The number of hydrogen-bond acceptors (Lipinski definition) is 11. The van der Waals surface area contributed by atoms with Crippen molar-refractivity contribution in [1.82, 2.24) is 34.8 Å². The summed E-state index contributed by atoms with van der Waals surface area (Å²) >= 11 is 7.14. The third-order valence-electron chi connectivity index (χ3n) is 11.8. The van der Waals surface area contributed by atoms with Crippen molar-refractivity contribution in [3.05, 3.63) is 182 Å². The molecule has 7 heterocycles. The highest BCUT2D eigenvalue weighted by molar-refractivity contribution is 9.10. The zero-order valence-electron chi connectivity index (χ0n) is 35.3. The van der Waals surface area contributed by atoms with E-state index in [1.165, 1.54) is 43.1 Å². The van der Waals surface area contributed by atoms with Gasteiger partial charge in [0.2, 0.25) is 0 Å². The highest BCUT2D eigenvalue weighted by Crippen LogP contribution is 2.33. The van der Waals surface area contributed by atoms with Gasteiger partial charge in [0.1, 0.15) is 0 Å². The van der Waals surface area contributed by atoms with Crippen LogP contribution in [0.25, 0.3) is 22.8 Å². The highest BCUT2D eigenvalue weighted by atomic mass is 79.9. The summed E-state index contributed by atoms with van der Waals surface area (Å²) in [4.78, 5) is 50.1. The number of amides is 2. The minimum atomic E-state index is 0.0755. The number of urea groups is 1. The Morgan fingerprint density at radius 1 is 0.562 bits per heavy atom. The van der Waals surface area contributed by atoms with Crippen molar-refractivity contribution in [2.45, 2.75) is 38.8 Å². The summed E-state index contributed by atoms with van der Waals surface area (Å²) in [6.45, 7) is 5.23. The molecule has 2 amide bonds. The fourth-order valence-corrected chi connectivity index (χ4v) is 10.7. The standard InChI is InChI=1S/C27H26N6OS.C23H19BrN4S/c1-31-13-14-33(27(31)34)23-8-7-20-9-12-32(18-22(20)16-23)26-30-17-24(35-26)15-19-3-5-21(6-4-19)25-28-10-2-11-29-25;24-20-7-6-17-8-11-28(15-19(17)13-20)23-27-14-21(29-23)12-16-2-4-18(5-3-16)22-25-9-1-10-26-22/h2-8,10-11,16-17H,9,12-15,18H2,1H3;1-7,9-10,13-14H,8,11-12,15H2. The molecule has 320 valence electrons. The number of thiazole rings is 2. The van der Waals surface area contributed by atoms with Crippen LogP contribution in [0.5, 0.6) is 0 Å². The number of halogens is 1. The number of carbonyl (C=O) groups excluding carboxylic acids is 1. The fourth-order valence-electron chi connectivity index (χ4n) is 8.34. The Morgan fingerprint density at radius 3 is 1.56 bits per heavy atom. The minimum Gasteiger partial charge on any atom is -0.343 e. The number of fused-ring (bicyclic) bond motifs is 2. The number of benzene rings is 4. The maximum atomic E-state index is 12.4. The van der Waals surface area contributed by atoms with Crippen molar-refractivity contribution in [3.8, 4) is 22.8 Å². The third-order valence-corrected chi connectivity index (χ3v) is 14.5. The lowest BCUT2D eigenvalue weighted by Crippen LogP contribution is -2.32. The van der Waals surface area contributed by atoms with Gasteiger partial charge in [0.25, 0.3) is 0 Å². The highest BCUT2D eigenvalue weighted by Gasteiger charge is 2.28. The van der Waals surface area contributed by atoms with Crippen LogP contribution in [0.2, 0.25) is 0 Å². The summed E-state index contributed by atoms with van der Waals surface area (Å²) in [6.07, 6.45) is 14.9. The van der Waals surface area contributed by atoms with Crippen molar-refractivity contribution in [3.63, 3.8) is 0 Å². The Hall–Kier alpha value is -6.35. The summed E-state index contributed by atoms with van der Waals surface area (Å²) in [5.41, 5.74) is 11.1. The molecule has 1 saturated heterocycles. The fraction of sp³-hybridized carbons (Fsp3) is 0.220. The van der Waals surface area contributed by atoms with Crippen LogP contribution in [0, 0.1) is 0 Å². The maximum absolute atomic E-state index is 12.4. The number of hydrogen-bond donors (Lipinski definition) is 0. The van der Waals surface area contributed by atoms with Crippen molar-refractivity contribution in [2.24, 2.45) is 0 Å². The summed E-state index contributed by atoms with van der Waals surface area (Å²) in [5, 5.41) is 2.17. The van der Waals surface area contributed by atoms with E-state index in [0.29, 0.717) is 0 Å². The molecule has 11 rings (SSSR count). The molecule has 4 aromatic carbocycles. The van der Waals surface area contributed by atoms with E-state index in [2.05, 4.69) is 131 Å². The molecule has 0 radical (unpaired) electrons. The van der Waals surface area contributed by atoms with E-state index in [1.54, 1.807) is 52.4 Å². The molecule has 0 atom stereocenters. The van der Waals surface area contributed by atoms with E-state index < -0.39 is 0 Å². The molecule has 0 aliphatic carbocycles. The summed E-state index contributed by atoms with van der Waals surface area (Å²) < 4.78 is 1.14. The average molecular weight is 946 g/mol. The van der Waals surface area contributed by atoms with Crippen LogP contribution in [0.1, 0.15) is 43.1 Å². The first-order valence-electron chi connectivity index (χ1n) is 21.4. The molecule has 14 heteroatoms. The second kappa shape index (κ2) is 18.8. The van der Waals surface area contributed by atoms with Gasteiger partial charge >= 0.3 is 6.03 Å². The number of anilines is 3. The zero-order chi connectivity index (χ0) is 43.4. The first-order chi connectivity index (χ1) is 31.4. The Balaban J connectivity index is 0.000000154. The lowest BCUT2D eigenvalue weighted by atomic mass is 9.99. The van der Waals surface area contributed by atoms with E-state index in [9.17, 15) is 4.79 Å². The van der Waals surface area contributed by atoms with Crippen molar-refractivity contribution < 1.29 is 4.79 Å². The van der Waals surface area contributed by atoms with Gasteiger partial charge in [0, 0.05) is 127 Å². The van der Waals surface area contributed by atoms with Crippen LogP contribution in [0.3, 0.4) is 0 Å². The first kappa shape index (κ1) is 41.6. The lowest BCUT2D eigenvalue weighted by Gasteiger charge is -2.29. The topological polar surface area (TPSA) is 107 Å². The van der Waals surface area contributed by atoms with Gasteiger partial charge < -0.3 is 14.7 Å². The molecule has 8 aromatic rings. The predicted octanol–water partition coefficient (Wildman–Crippen LogP) is 10.1. The quantitative estimate of drug-likeness (QED) is 0.140. The number of aromatic nitrogens is 6. The van der Waals surface area contributed by atoms with Crippen LogP contribution in [-0.4, -0.2) is 74.1 Å². The summed E-state index contributed by atoms with van der Waals surface area (Å²) in [7, 11) is 1.86. The van der Waals surface area contributed by atoms with E-state index in [-0.39, 0.29) is 6.03 Å². The lowest BCUT2D eigenvalue weighted by molar-refractivity contribution is 0.229. The van der Waals surface area contributed by atoms with E-state index >= 15 is 0 Å². The summed E-state index contributed by atoms with van der Waals surface area (Å²) in [5.74, 6) is 1.50. The van der Waals surface area contributed by atoms with Crippen LogP contribution in [0.15, 0.2) is 139 Å². The van der Waals surface area contributed by atoms with Gasteiger partial charge in [-0.1, -0.05) is 76.6 Å². The molecule has 0 N–H and O–H groups in total. The molecule has 3 aliphatic rings. The maximum Gasteiger partial charge on any atom is 0.324 e. The van der Waals surface area contributed by atoms with Crippen molar-refractivity contribution in [2.75, 3.05) is 47.9 Å². The van der Waals surface area contributed by atoms with E-state index in [4.69, 9.17) is 9.97 Å². The first-order valence-corrected chi connectivity index (χ1v) is 23.8. The molecule has 3 aliphatic heterocycles. The molecule has 11 nitrogen and oxygen atoms in total. The zero-order valence-corrected chi connectivity index (χ0v) is 38.6. The smallest absolute Gasteiger partial charge is 0.324 e. The summed E-state index contributed by atoms with van der Waals surface area (Å²) in [6, 6.07) is 33.7. The molecule has 0 saturated carbocycles. The van der Waals surface area contributed by atoms with E-state index in [1.807, 2.05) is 36.5 Å². The van der Waals surface area contributed by atoms with Gasteiger partial charge in [-0.3, -0.25) is 4.90 Å². The molecular formula is C50H45BrN10OS2. The molecule has 64 heavy (non-hydrogen) atoms. The SMILES string of the molecule is Brc1ccc2c(c1)CN(c1ncc(Cc3ccc(-c4ncccn4)cc3)s1)CC2.CN1CCN(c2ccc3c(c2)CN(c2ncc(Cc4ccc(-c5ncccn5)cc4)s2)CC3)C1=O. The third kappa shape index (κ3) is 9.45. The Bertz CT molecular complexity index is 2870. The van der Waals surface area contributed by atoms with E-state index in [0.717, 1.165) is 108 Å². The molecule has 0 unspecified atom stereocenters. The van der Waals surface area contributed by atoms with Crippen LogP contribution in [-0.2, 0) is 38.8 Å². The number of rotatable bonds is 9. The van der Waals surface area contributed by atoms with Gasteiger partial charge in [0.05, 0.1) is 0 Å². The minimum absolute atomic E-state index is 0.0755. The van der Waals surface area contributed by atoms with Crippen molar-refractivity contribution in [1.29, 1.82) is 0 Å². The average Bonchev–Trinajstić information content (AvgIpc) is 4.10. The number of carbonyl (C=O) groups is 1. The van der Waals surface area contributed by atoms with Gasteiger partial charge in [-0.05, 0) is 82.6 Å². The Morgan fingerprint density at radius 2 is 1.06 bits per heavy atom. The van der Waals surface area contributed by atoms with Crippen LogP contribution in [0.4, 0.5) is 20.7 Å². The largest absolute Gasteiger partial charge is 0.343 e. The molecule has 0 spiro atoms. The molecule has 4 aromatic heterocycles. The normalized spacial score (nSPS) is 14.6.